The zero-order valence-corrected chi connectivity index (χ0v) is 21.0. The average molecular weight is 530 g/mol. The first-order valence-corrected chi connectivity index (χ1v) is 11.9. The predicted molar refractivity (Wildman–Crippen MR) is 136 cm³/mol. The Morgan fingerprint density at radius 1 is 1.05 bits per heavy atom. The molecule has 0 aliphatic carbocycles. The lowest BCUT2D eigenvalue weighted by molar-refractivity contribution is -0.137. The van der Waals surface area contributed by atoms with E-state index in [1.54, 1.807) is 18.6 Å². The van der Waals surface area contributed by atoms with Gasteiger partial charge in [-0.05, 0) is 60.0 Å². The second kappa shape index (κ2) is 10.6. The van der Waals surface area contributed by atoms with E-state index in [2.05, 4.69) is 21.2 Å². The van der Waals surface area contributed by atoms with Crippen molar-refractivity contribution in [3.8, 4) is 28.7 Å². The molecule has 5 rings (SSSR count). The summed E-state index contributed by atoms with van der Waals surface area (Å²) in [6.07, 6.45) is -1.66. The van der Waals surface area contributed by atoms with Crippen LogP contribution in [0, 0.1) is 18.3 Å². The Kier molecular flexibility index (Phi) is 7.00. The van der Waals surface area contributed by atoms with Crippen molar-refractivity contribution in [2.75, 3.05) is 0 Å². The fourth-order valence-electron chi connectivity index (χ4n) is 4.28. The largest absolute Gasteiger partial charge is 0.416 e. The van der Waals surface area contributed by atoms with Gasteiger partial charge in [0.25, 0.3) is 5.89 Å². The van der Waals surface area contributed by atoms with Crippen LogP contribution in [0.1, 0.15) is 39.9 Å². The molecule has 10 heteroatoms. The molecule has 0 aliphatic rings. The molecule has 2 aromatic heterocycles. The fourth-order valence-corrected chi connectivity index (χ4v) is 4.28. The van der Waals surface area contributed by atoms with Crippen LogP contribution in [-0.2, 0) is 24.6 Å². The standard InChI is InChI=1S/C29H22F3N5O2/c1-18-5-3-4-6-23(18)24-13-20(7-8-21(24)14-33)27(25-15-34-17-37(25)2)38-16-26-35-28(39-36-26)19-9-11-22(12-10-19)29(30,31)32/h3-13,15,17,27H,16H2,1-2H3. The monoisotopic (exact) mass is 529 g/mol. The van der Waals surface area contributed by atoms with Crippen LogP contribution in [0.25, 0.3) is 22.6 Å². The Morgan fingerprint density at radius 2 is 1.82 bits per heavy atom. The molecule has 1 unspecified atom stereocenters. The van der Waals surface area contributed by atoms with E-state index in [4.69, 9.17) is 9.26 Å². The molecule has 2 heterocycles. The minimum Gasteiger partial charge on any atom is -0.359 e. The summed E-state index contributed by atoms with van der Waals surface area (Å²) in [5.74, 6) is 0.310. The van der Waals surface area contributed by atoms with E-state index in [9.17, 15) is 18.4 Å². The van der Waals surface area contributed by atoms with Crippen LogP contribution in [0.5, 0.6) is 0 Å². The van der Waals surface area contributed by atoms with Gasteiger partial charge in [0.05, 0.1) is 35.4 Å². The summed E-state index contributed by atoms with van der Waals surface area (Å²) in [4.78, 5) is 8.52. The summed E-state index contributed by atoms with van der Waals surface area (Å²) < 4.78 is 52.0. The molecular weight excluding hydrogens is 507 g/mol. The highest BCUT2D eigenvalue weighted by Crippen LogP contribution is 2.34. The number of hydrogen-bond acceptors (Lipinski definition) is 6. The lowest BCUT2D eigenvalue weighted by Gasteiger charge is -2.20. The molecule has 0 radical (unpaired) electrons. The molecule has 7 nitrogen and oxygen atoms in total. The molecular formula is C29H22F3N5O2. The lowest BCUT2D eigenvalue weighted by atomic mass is 9.93. The molecule has 0 amide bonds. The molecule has 3 aromatic carbocycles. The van der Waals surface area contributed by atoms with Crippen molar-refractivity contribution in [2.24, 2.45) is 7.05 Å². The van der Waals surface area contributed by atoms with Gasteiger partial charge in [-0.2, -0.15) is 23.4 Å². The summed E-state index contributed by atoms with van der Waals surface area (Å²) in [6, 6.07) is 20.1. The Labute approximate surface area is 222 Å². The number of ether oxygens (including phenoxy) is 1. The Morgan fingerprint density at radius 3 is 2.49 bits per heavy atom. The molecule has 196 valence electrons. The van der Waals surface area contributed by atoms with Crippen LogP contribution in [-0.4, -0.2) is 19.7 Å². The molecule has 0 saturated carbocycles. The van der Waals surface area contributed by atoms with Gasteiger partial charge < -0.3 is 13.8 Å². The van der Waals surface area contributed by atoms with E-state index in [1.807, 2.05) is 54.9 Å². The van der Waals surface area contributed by atoms with E-state index >= 15 is 0 Å². The van der Waals surface area contributed by atoms with Crippen molar-refractivity contribution in [1.82, 2.24) is 19.7 Å². The van der Waals surface area contributed by atoms with E-state index in [-0.39, 0.29) is 18.3 Å². The van der Waals surface area contributed by atoms with Crippen LogP contribution >= 0.6 is 0 Å². The molecule has 1 atom stereocenters. The van der Waals surface area contributed by atoms with Crippen LogP contribution in [0.4, 0.5) is 13.2 Å². The highest BCUT2D eigenvalue weighted by molar-refractivity contribution is 5.74. The van der Waals surface area contributed by atoms with Crippen molar-refractivity contribution < 1.29 is 22.4 Å². The maximum atomic E-state index is 12.9. The molecule has 0 saturated heterocycles. The SMILES string of the molecule is Cc1ccccc1-c1cc(C(OCc2noc(-c3ccc(C(F)(F)F)cc3)n2)c2cncn2C)ccc1C#N. The van der Waals surface area contributed by atoms with Gasteiger partial charge in [-0.3, -0.25) is 0 Å². The second-order valence-electron chi connectivity index (χ2n) is 8.94. The number of aromatic nitrogens is 4. The van der Waals surface area contributed by atoms with Crippen LogP contribution in [0.15, 0.2) is 83.8 Å². The van der Waals surface area contributed by atoms with Crippen LogP contribution in [0.2, 0.25) is 0 Å². The zero-order valence-electron chi connectivity index (χ0n) is 21.0. The van der Waals surface area contributed by atoms with Crippen LogP contribution < -0.4 is 0 Å². The van der Waals surface area contributed by atoms with Gasteiger partial charge in [0, 0.05) is 18.2 Å². The molecule has 5 aromatic rings. The quantitative estimate of drug-likeness (QED) is 0.235. The third kappa shape index (κ3) is 5.44. The second-order valence-corrected chi connectivity index (χ2v) is 8.94. The third-order valence-corrected chi connectivity index (χ3v) is 6.33. The van der Waals surface area contributed by atoms with Gasteiger partial charge in [0.1, 0.15) is 12.7 Å². The third-order valence-electron chi connectivity index (χ3n) is 6.33. The molecule has 39 heavy (non-hydrogen) atoms. The number of imidazole rings is 1. The Balaban J connectivity index is 1.43. The van der Waals surface area contributed by atoms with Crippen molar-refractivity contribution in [1.29, 1.82) is 5.26 Å². The molecule has 0 N–H and O–H groups in total. The molecule has 0 bridgehead atoms. The van der Waals surface area contributed by atoms with Crippen molar-refractivity contribution in [3.63, 3.8) is 0 Å². The zero-order chi connectivity index (χ0) is 27.6. The van der Waals surface area contributed by atoms with Gasteiger partial charge in [0.15, 0.2) is 5.82 Å². The highest BCUT2D eigenvalue weighted by atomic mass is 19.4. The molecule has 0 aliphatic heterocycles. The molecule has 0 fully saturated rings. The Hall–Kier alpha value is -4.75. The van der Waals surface area contributed by atoms with E-state index in [1.165, 1.54) is 12.1 Å². The number of halogens is 3. The van der Waals surface area contributed by atoms with Gasteiger partial charge >= 0.3 is 6.18 Å². The normalized spacial score (nSPS) is 12.3. The van der Waals surface area contributed by atoms with Crippen molar-refractivity contribution >= 4 is 0 Å². The minimum absolute atomic E-state index is 0.0420. The maximum absolute atomic E-state index is 12.9. The van der Waals surface area contributed by atoms with E-state index < -0.39 is 17.8 Å². The maximum Gasteiger partial charge on any atom is 0.416 e. The Bertz CT molecular complexity index is 1650. The summed E-state index contributed by atoms with van der Waals surface area (Å²) >= 11 is 0. The van der Waals surface area contributed by atoms with Gasteiger partial charge in [-0.25, -0.2) is 4.98 Å². The fraction of sp³-hybridized carbons (Fsp3) is 0.172. The minimum atomic E-state index is -4.43. The van der Waals surface area contributed by atoms with E-state index in [0.717, 1.165) is 40.1 Å². The van der Waals surface area contributed by atoms with Crippen molar-refractivity contribution in [3.05, 3.63) is 113 Å². The number of nitriles is 1. The first-order chi connectivity index (χ1) is 18.7. The summed E-state index contributed by atoms with van der Waals surface area (Å²) in [5, 5.41) is 13.7. The lowest BCUT2D eigenvalue weighted by Crippen LogP contribution is -2.11. The number of nitrogens with zero attached hydrogens (tertiary/aromatic N) is 5. The van der Waals surface area contributed by atoms with Crippen LogP contribution in [0.3, 0.4) is 0 Å². The number of aryl methyl sites for hydroxylation is 2. The van der Waals surface area contributed by atoms with Gasteiger partial charge in [0.2, 0.25) is 0 Å². The number of hydrogen-bond donors (Lipinski definition) is 0. The number of alkyl halides is 3. The molecule has 0 spiro atoms. The predicted octanol–water partition coefficient (Wildman–Crippen LogP) is 6.64. The summed E-state index contributed by atoms with van der Waals surface area (Å²) in [7, 11) is 1.85. The smallest absolute Gasteiger partial charge is 0.359 e. The topological polar surface area (TPSA) is 89.8 Å². The average Bonchev–Trinajstić information content (AvgIpc) is 3.58. The van der Waals surface area contributed by atoms with Gasteiger partial charge in [-0.1, -0.05) is 35.5 Å². The van der Waals surface area contributed by atoms with Gasteiger partial charge in [-0.15, -0.1) is 0 Å². The number of benzene rings is 3. The first-order valence-electron chi connectivity index (χ1n) is 11.9. The van der Waals surface area contributed by atoms with Crippen molar-refractivity contribution in [2.45, 2.75) is 25.8 Å². The highest BCUT2D eigenvalue weighted by Gasteiger charge is 2.30. The first kappa shape index (κ1) is 25.9. The number of rotatable bonds is 7. The van der Waals surface area contributed by atoms with E-state index in [0.29, 0.717) is 11.1 Å². The summed E-state index contributed by atoms with van der Waals surface area (Å²) in [5.41, 5.74) is 4.46. The summed E-state index contributed by atoms with van der Waals surface area (Å²) in [6.45, 7) is 1.95.